The minimum atomic E-state index is 0.0663. The number of amides is 1. The number of hydrogen-bond donors (Lipinski definition) is 1. The SMILES string of the molecule is COc1ccccc1C(Br)c1ccc2c(c1)CCC(=O)N2. The summed E-state index contributed by atoms with van der Waals surface area (Å²) in [6, 6.07) is 14.2. The van der Waals surface area contributed by atoms with Crippen LogP contribution in [0.15, 0.2) is 42.5 Å². The Labute approximate surface area is 132 Å². The van der Waals surface area contributed by atoms with Gasteiger partial charge in [-0.05, 0) is 29.7 Å². The number of halogens is 1. The molecule has 1 heterocycles. The van der Waals surface area contributed by atoms with Gasteiger partial charge in [0.1, 0.15) is 5.75 Å². The van der Waals surface area contributed by atoms with Crippen LogP contribution in [-0.2, 0) is 11.2 Å². The minimum absolute atomic E-state index is 0.0663. The molecule has 108 valence electrons. The molecule has 1 atom stereocenters. The summed E-state index contributed by atoms with van der Waals surface area (Å²) < 4.78 is 5.43. The third kappa shape index (κ3) is 2.81. The van der Waals surface area contributed by atoms with E-state index in [9.17, 15) is 4.79 Å². The molecule has 3 nitrogen and oxygen atoms in total. The summed E-state index contributed by atoms with van der Waals surface area (Å²) >= 11 is 3.76. The number of fused-ring (bicyclic) bond motifs is 1. The molecule has 0 saturated heterocycles. The van der Waals surface area contributed by atoms with Gasteiger partial charge in [0.05, 0.1) is 11.9 Å². The Morgan fingerprint density at radius 3 is 2.81 bits per heavy atom. The van der Waals surface area contributed by atoms with Crippen LogP contribution < -0.4 is 10.1 Å². The molecule has 1 amide bonds. The second-order valence-corrected chi connectivity index (χ2v) is 5.98. The number of carbonyl (C=O) groups is 1. The number of aryl methyl sites for hydroxylation is 1. The van der Waals surface area contributed by atoms with E-state index >= 15 is 0 Å². The van der Waals surface area contributed by atoms with Gasteiger partial charge in [-0.2, -0.15) is 0 Å². The molecule has 0 radical (unpaired) electrons. The number of hydrogen-bond acceptors (Lipinski definition) is 2. The van der Waals surface area contributed by atoms with E-state index in [4.69, 9.17) is 4.74 Å². The molecule has 4 heteroatoms. The van der Waals surface area contributed by atoms with Gasteiger partial charge in [-0.25, -0.2) is 0 Å². The van der Waals surface area contributed by atoms with Gasteiger partial charge in [0, 0.05) is 17.7 Å². The standard InChI is InChI=1S/C17H16BrNO2/c1-21-15-5-3-2-4-13(15)17(18)12-6-8-14-11(10-12)7-9-16(20)19-14/h2-6,8,10,17H,7,9H2,1H3,(H,19,20). The molecule has 1 aliphatic rings. The van der Waals surface area contributed by atoms with Crippen molar-refractivity contribution in [2.75, 3.05) is 12.4 Å². The van der Waals surface area contributed by atoms with Crippen molar-refractivity contribution in [2.24, 2.45) is 0 Å². The lowest BCUT2D eigenvalue weighted by Gasteiger charge is -2.20. The van der Waals surface area contributed by atoms with Gasteiger partial charge in [0.2, 0.25) is 5.91 Å². The molecule has 0 saturated carbocycles. The zero-order chi connectivity index (χ0) is 14.8. The third-order valence-electron chi connectivity index (χ3n) is 3.73. The zero-order valence-corrected chi connectivity index (χ0v) is 13.3. The Morgan fingerprint density at radius 2 is 2.00 bits per heavy atom. The maximum absolute atomic E-state index is 11.4. The fraction of sp³-hybridized carbons (Fsp3) is 0.235. The van der Waals surface area contributed by atoms with Crippen molar-refractivity contribution in [2.45, 2.75) is 17.7 Å². The summed E-state index contributed by atoms with van der Waals surface area (Å²) in [6.07, 6.45) is 1.35. The van der Waals surface area contributed by atoms with Crippen molar-refractivity contribution in [1.82, 2.24) is 0 Å². The van der Waals surface area contributed by atoms with E-state index in [2.05, 4.69) is 33.4 Å². The first-order valence-corrected chi connectivity index (χ1v) is 7.80. The van der Waals surface area contributed by atoms with Gasteiger partial charge in [-0.3, -0.25) is 4.79 Å². The predicted molar refractivity (Wildman–Crippen MR) is 87.2 cm³/mol. The number of benzene rings is 2. The summed E-state index contributed by atoms with van der Waals surface area (Å²) in [6.45, 7) is 0. The molecule has 0 spiro atoms. The van der Waals surface area contributed by atoms with Crippen LogP contribution in [0.2, 0.25) is 0 Å². The Morgan fingerprint density at radius 1 is 1.19 bits per heavy atom. The van der Waals surface area contributed by atoms with Crippen LogP contribution in [0.3, 0.4) is 0 Å². The van der Waals surface area contributed by atoms with Gasteiger partial charge < -0.3 is 10.1 Å². The van der Waals surface area contributed by atoms with Gasteiger partial charge in [-0.15, -0.1) is 0 Å². The second kappa shape index (κ2) is 5.90. The van der Waals surface area contributed by atoms with Gasteiger partial charge in [0.25, 0.3) is 0 Å². The highest BCUT2D eigenvalue weighted by Gasteiger charge is 2.19. The van der Waals surface area contributed by atoms with Crippen LogP contribution in [-0.4, -0.2) is 13.0 Å². The Hall–Kier alpha value is -1.81. The normalized spacial score (nSPS) is 15.0. The number of para-hydroxylation sites is 1. The average Bonchev–Trinajstić information content (AvgIpc) is 2.53. The molecule has 2 aromatic rings. The topological polar surface area (TPSA) is 38.3 Å². The average molecular weight is 346 g/mol. The van der Waals surface area contributed by atoms with Crippen molar-refractivity contribution in [3.8, 4) is 5.75 Å². The van der Waals surface area contributed by atoms with Gasteiger partial charge in [-0.1, -0.05) is 46.3 Å². The summed E-state index contributed by atoms with van der Waals surface area (Å²) in [4.78, 5) is 11.5. The zero-order valence-electron chi connectivity index (χ0n) is 11.7. The fourth-order valence-electron chi connectivity index (χ4n) is 2.62. The molecule has 1 unspecified atom stereocenters. The van der Waals surface area contributed by atoms with E-state index in [1.165, 1.54) is 5.56 Å². The predicted octanol–water partition coefficient (Wildman–Crippen LogP) is 4.06. The fourth-order valence-corrected chi connectivity index (χ4v) is 3.28. The summed E-state index contributed by atoms with van der Waals surface area (Å²) in [5.74, 6) is 0.959. The minimum Gasteiger partial charge on any atom is -0.496 e. The summed E-state index contributed by atoms with van der Waals surface area (Å²) in [5.41, 5.74) is 4.37. The number of ether oxygens (including phenoxy) is 1. The van der Waals surface area contributed by atoms with E-state index in [0.717, 1.165) is 29.0 Å². The van der Waals surface area contributed by atoms with Crippen LogP contribution in [0, 0.1) is 0 Å². The molecular weight excluding hydrogens is 330 g/mol. The van der Waals surface area contributed by atoms with Gasteiger partial charge in [0.15, 0.2) is 0 Å². The van der Waals surface area contributed by atoms with Crippen LogP contribution in [0.5, 0.6) is 5.75 Å². The van der Waals surface area contributed by atoms with Gasteiger partial charge >= 0.3 is 0 Å². The first-order chi connectivity index (χ1) is 10.2. The Bertz CT molecular complexity index is 684. The monoisotopic (exact) mass is 345 g/mol. The van der Waals surface area contributed by atoms with E-state index < -0.39 is 0 Å². The molecule has 2 aromatic carbocycles. The van der Waals surface area contributed by atoms with Crippen molar-refractivity contribution >= 4 is 27.5 Å². The molecule has 0 aromatic heterocycles. The van der Waals surface area contributed by atoms with E-state index in [1.54, 1.807) is 7.11 Å². The molecule has 0 bridgehead atoms. The van der Waals surface area contributed by atoms with E-state index in [0.29, 0.717) is 6.42 Å². The molecular formula is C17H16BrNO2. The number of nitrogens with one attached hydrogen (secondary N) is 1. The number of methoxy groups -OCH3 is 1. The number of anilines is 1. The first-order valence-electron chi connectivity index (χ1n) is 6.88. The highest BCUT2D eigenvalue weighted by Crippen LogP contribution is 2.38. The van der Waals surface area contributed by atoms with Crippen molar-refractivity contribution in [3.05, 3.63) is 59.2 Å². The molecule has 21 heavy (non-hydrogen) atoms. The quantitative estimate of drug-likeness (QED) is 0.851. The molecule has 1 aliphatic heterocycles. The third-order valence-corrected chi connectivity index (χ3v) is 4.75. The lowest BCUT2D eigenvalue weighted by molar-refractivity contribution is -0.116. The maximum Gasteiger partial charge on any atom is 0.224 e. The summed E-state index contributed by atoms with van der Waals surface area (Å²) in [7, 11) is 1.68. The maximum atomic E-state index is 11.4. The van der Waals surface area contributed by atoms with Crippen molar-refractivity contribution in [3.63, 3.8) is 0 Å². The molecule has 1 N–H and O–H groups in total. The molecule has 3 rings (SSSR count). The smallest absolute Gasteiger partial charge is 0.224 e. The van der Waals surface area contributed by atoms with E-state index in [-0.39, 0.29) is 10.7 Å². The number of rotatable bonds is 3. The lowest BCUT2D eigenvalue weighted by atomic mass is 9.97. The molecule has 0 fully saturated rings. The first kappa shape index (κ1) is 14.1. The number of alkyl halides is 1. The number of carbonyl (C=O) groups excluding carboxylic acids is 1. The van der Waals surface area contributed by atoms with Crippen LogP contribution in [0.4, 0.5) is 5.69 Å². The largest absolute Gasteiger partial charge is 0.496 e. The Kier molecular flexibility index (Phi) is 3.97. The van der Waals surface area contributed by atoms with E-state index in [1.807, 2.05) is 30.3 Å². The highest BCUT2D eigenvalue weighted by atomic mass is 79.9. The Balaban J connectivity index is 1.95. The van der Waals surface area contributed by atoms with Crippen molar-refractivity contribution < 1.29 is 9.53 Å². The lowest BCUT2D eigenvalue weighted by Crippen LogP contribution is -2.19. The van der Waals surface area contributed by atoms with Crippen LogP contribution >= 0.6 is 15.9 Å². The highest BCUT2D eigenvalue weighted by molar-refractivity contribution is 9.09. The summed E-state index contributed by atoms with van der Waals surface area (Å²) in [5, 5.41) is 2.91. The van der Waals surface area contributed by atoms with Crippen LogP contribution in [0.1, 0.15) is 27.9 Å². The molecule has 0 aliphatic carbocycles. The van der Waals surface area contributed by atoms with Crippen LogP contribution in [0.25, 0.3) is 0 Å². The van der Waals surface area contributed by atoms with Crippen molar-refractivity contribution in [1.29, 1.82) is 0 Å². The second-order valence-electron chi connectivity index (χ2n) is 5.07.